The van der Waals surface area contributed by atoms with E-state index in [0.29, 0.717) is 17.2 Å². The standard InChI is InChI=1S/C13H13F3N2O/c1-7-5-18-13(19-7)8(2)17-6-9-3-10(14)12(16)11(15)4-9/h3-5,8,17H,6H2,1-2H3. The van der Waals surface area contributed by atoms with Crippen LogP contribution >= 0.6 is 0 Å². The highest BCUT2D eigenvalue weighted by atomic mass is 19.2. The van der Waals surface area contributed by atoms with E-state index in [9.17, 15) is 13.2 Å². The second-order valence-corrected chi connectivity index (χ2v) is 4.29. The van der Waals surface area contributed by atoms with Crippen LogP contribution in [0.25, 0.3) is 0 Å². The van der Waals surface area contributed by atoms with Gasteiger partial charge in [0.2, 0.25) is 5.89 Å². The molecule has 1 aromatic carbocycles. The zero-order valence-corrected chi connectivity index (χ0v) is 10.5. The minimum Gasteiger partial charge on any atom is -0.444 e. The van der Waals surface area contributed by atoms with Gasteiger partial charge in [-0.2, -0.15) is 0 Å². The monoisotopic (exact) mass is 270 g/mol. The molecule has 0 bridgehead atoms. The summed E-state index contributed by atoms with van der Waals surface area (Å²) in [6.45, 7) is 3.76. The van der Waals surface area contributed by atoms with Crippen molar-refractivity contribution in [3.63, 3.8) is 0 Å². The number of aryl methyl sites for hydroxylation is 1. The van der Waals surface area contributed by atoms with Crippen molar-refractivity contribution in [1.82, 2.24) is 10.3 Å². The Labute approximate surface area is 108 Å². The van der Waals surface area contributed by atoms with Crippen LogP contribution in [0.2, 0.25) is 0 Å². The van der Waals surface area contributed by atoms with Crippen LogP contribution in [0, 0.1) is 24.4 Å². The minimum atomic E-state index is -1.46. The molecule has 0 aliphatic rings. The summed E-state index contributed by atoms with van der Waals surface area (Å²) < 4.78 is 44.1. The molecule has 0 radical (unpaired) electrons. The van der Waals surface area contributed by atoms with Crippen molar-refractivity contribution < 1.29 is 17.6 Å². The summed E-state index contributed by atoms with van der Waals surface area (Å²) in [4.78, 5) is 4.04. The molecular formula is C13H13F3N2O. The number of nitrogens with zero attached hydrogens (tertiary/aromatic N) is 1. The van der Waals surface area contributed by atoms with Gasteiger partial charge in [-0.1, -0.05) is 0 Å². The summed E-state index contributed by atoms with van der Waals surface area (Å²) in [6.07, 6.45) is 1.59. The van der Waals surface area contributed by atoms with Crippen molar-refractivity contribution in [1.29, 1.82) is 0 Å². The largest absolute Gasteiger partial charge is 0.444 e. The van der Waals surface area contributed by atoms with Crippen molar-refractivity contribution >= 4 is 0 Å². The van der Waals surface area contributed by atoms with Crippen molar-refractivity contribution in [2.75, 3.05) is 0 Å². The number of oxazole rings is 1. The molecule has 3 nitrogen and oxygen atoms in total. The van der Waals surface area contributed by atoms with Crippen LogP contribution < -0.4 is 5.32 Å². The third-order valence-electron chi connectivity index (χ3n) is 2.67. The highest BCUT2D eigenvalue weighted by Gasteiger charge is 2.13. The average molecular weight is 270 g/mol. The maximum atomic E-state index is 13.0. The van der Waals surface area contributed by atoms with Crippen LogP contribution in [-0.2, 0) is 6.54 Å². The molecule has 0 saturated carbocycles. The Morgan fingerprint density at radius 3 is 2.42 bits per heavy atom. The first kappa shape index (κ1) is 13.6. The predicted molar refractivity (Wildman–Crippen MR) is 62.8 cm³/mol. The highest BCUT2D eigenvalue weighted by Crippen LogP contribution is 2.16. The molecule has 1 unspecified atom stereocenters. The summed E-state index contributed by atoms with van der Waals surface area (Å²) in [6, 6.07) is 1.70. The molecular weight excluding hydrogens is 257 g/mol. The molecule has 1 heterocycles. The van der Waals surface area contributed by atoms with E-state index in [0.717, 1.165) is 12.1 Å². The number of aromatic nitrogens is 1. The minimum absolute atomic E-state index is 0.177. The van der Waals surface area contributed by atoms with Crippen molar-refractivity contribution in [2.24, 2.45) is 0 Å². The number of nitrogens with one attached hydrogen (secondary N) is 1. The van der Waals surface area contributed by atoms with Crippen LogP contribution in [0.5, 0.6) is 0 Å². The normalized spacial score (nSPS) is 12.7. The Morgan fingerprint density at radius 1 is 1.26 bits per heavy atom. The number of rotatable bonds is 4. The van der Waals surface area contributed by atoms with Gasteiger partial charge in [0.15, 0.2) is 17.5 Å². The number of hydrogen-bond acceptors (Lipinski definition) is 3. The molecule has 1 aromatic heterocycles. The van der Waals surface area contributed by atoms with Gasteiger partial charge in [0, 0.05) is 6.54 Å². The van der Waals surface area contributed by atoms with Crippen LogP contribution in [-0.4, -0.2) is 4.98 Å². The Hall–Kier alpha value is -1.82. The van der Waals surface area contributed by atoms with E-state index in [-0.39, 0.29) is 12.6 Å². The van der Waals surface area contributed by atoms with E-state index >= 15 is 0 Å². The Morgan fingerprint density at radius 2 is 1.89 bits per heavy atom. The Balaban J connectivity index is 2.03. The fourth-order valence-electron chi connectivity index (χ4n) is 1.64. The molecule has 0 aliphatic carbocycles. The van der Waals surface area contributed by atoms with E-state index in [1.54, 1.807) is 13.1 Å². The van der Waals surface area contributed by atoms with E-state index in [2.05, 4.69) is 10.3 Å². The van der Waals surface area contributed by atoms with Gasteiger partial charge in [0.1, 0.15) is 5.76 Å². The van der Waals surface area contributed by atoms with Gasteiger partial charge in [-0.25, -0.2) is 18.2 Å². The molecule has 1 atom stereocenters. The maximum Gasteiger partial charge on any atom is 0.211 e. The lowest BCUT2D eigenvalue weighted by Gasteiger charge is -2.10. The third-order valence-corrected chi connectivity index (χ3v) is 2.67. The number of halogens is 3. The molecule has 102 valence electrons. The summed E-state index contributed by atoms with van der Waals surface area (Å²) >= 11 is 0. The fraction of sp³-hybridized carbons (Fsp3) is 0.308. The van der Waals surface area contributed by atoms with Gasteiger partial charge >= 0.3 is 0 Å². The molecule has 2 aromatic rings. The van der Waals surface area contributed by atoms with Gasteiger partial charge in [-0.3, -0.25) is 0 Å². The lowest BCUT2D eigenvalue weighted by Crippen LogP contribution is -2.18. The first-order valence-corrected chi connectivity index (χ1v) is 5.76. The topological polar surface area (TPSA) is 38.1 Å². The van der Waals surface area contributed by atoms with Crippen LogP contribution in [0.15, 0.2) is 22.7 Å². The van der Waals surface area contributed by atoms with Crippen LogP contribution in [0.4, 0.5) is 13.2 Å². The van der Waals surface area contributed by atoms with Crippen molar-refractivity contribution in [3.05, 3.63) is 53.0 Å². The summed E-state index contributed by atoms with van der Waals surface area (Å²) in [5.74, 6) is -2.68. The summed E-state index contributed by atoms with van der Waals surface area (Å²) in [7, 11) is 0. The molecule has 0 aliphatic heterocycles. The zero-order chi connectivity index (χ0) is 14.0. The molecule has 0 amide bonds. The van der Waals surface area contributed by atoms with E-state index < -0.39 is 17.5 Å². The van der Waals surface area contributed by atoms with E-state index in [1.807, 2.05) is 6.92 Å². The molecule has 6 heteroatoms. The van der Waals surface area contributed by atoms with E-state index in [4.69, 9.17) is 4.42 Å². The van der Waals surface area contributed by atoms with Crippen LogP contribution in [0.1, 0.15) is 30.2 Å². The van der Waals surface area contributed by atoms with Gasteiger partial charge in [-0.05, 0) is 31.5 Å². The average Bonchev–Trinajstić information content (AvgIpc) is 2.79. The lowest BCUT2D eigenvalue weighted by atomic mass is 10.2. The Bertz CT molecular complexity index is 560. The fourth-order valence-corrected chi connectivity index (χ4v) is 1.64. The van der Waals surface area contributed by atoms with Gasteiger partial charge in [0.05, 0.1) is 12.2 Å². The van der Waals surface area contributed by atoms with Crippen molar-refractivity contribution in [3.8, 4) is 0 Å². The van der Waals surface area contributed by atoms with Gasteiger partial charge in [-0.15, -0.1) is 0 Å². The molecule has 19 heavy (non-hydrogen) atoms. The highest BCUT2D eigenvalue weighted by molar-refractivity contribution is 5.19. The maximum absolute atomic E-state index is 13.0. The van der Waals surface area contributed by atoms with Gasteiger partial charge in [0.25, 0.3) is 0 Å². The SMILES string of the molecule is Cc1cnc(C(C)NCc2cc(F)c(F)c(F)c2)o1. The summed E-state index contributed by atoms with van der Waals surface area (Å²) in [5, 5.41) is 2.99. The first-order chi connectivity index (χ1) is 8.97. The van der Waals surface area contributed by atoms with E-state index in [1.165, 1.54) is 0 Å². The molecule has 0 spiro atoms. The quantitative estimate of drug-likeness (QED) is 0.867. The molecule has 0 fully saturated rings. The molecule has 2 rings (SSSR count). The van der Waals surface area contributed by atoms with Crippen LogP contribution in [0.3, 0.4) is 0 Å². The smallest absolute Gasteiger partial charge is 0.211 e. The molecule has 0 saturated heterocycles. The lowest BCUT2D eigenvalue weighted by molar-refractivity contribution is 0.400. The first-order valence-electron chi connectivity index (χ1n) is 5.76. The summed E-state index contributed by atoms with van der Waals surface area (Å²) in [5.41, 5.74) is 0.312. The predicted octanol–water partition coefficient (Wildman–Crippen LogP) is 3.25. The number of hydrogen-bond donors (Lipinski definition) is 1. The second kappa shape index (κ2) is 5.44. The second-order valence-electron chi connectivity index (χ2n) is 4.29. The molecule has 1 N–H and O–H groups in total. The third kappa shape index (κ3) is 3.14. The van der Waals surface area contributed by atoms with Crippen molar-refractivity contribution in [2.45, 2.75) is 26.4 Å². The Kier molecular flexibility index (Phi) is 3.90. The van der Waals surface area contributed by atoms with Gasteiger partial charge < -0.3 is 9.73 Å². The number of benzene rings is 1. The zero-order valence-electron chi connectivity index (χ0n) is 10.5.